The van der Waals surface area contributed by atoms with Crippen LogP contribution in [0, 0.1) is 13.8 Å². The van der Waals surface area contributed by atoms with Crippen LogP contribution in [-0.2, 0) is 6.61 Å². The number of halogens is 1. The van der Waals surface area contributed by atoms with E-state index in [-0.39, 0.29) is 5.91 Å². The van der Waals surface area contributed by atoms with Crippen LogP contribution in [0.15, 0.2) is 108 Å². The summed E-state index contributed by atoms with van der Waals surface area (Å²) in [5.74, 6) is 0.656. The Bertz CT molecular complexity index is 1690. The minimum absolute atomic E-state index is 0.320. The van der Waals surface area contributed by atoms with Crippen LogP contribution in [0.5, 0.6) is 11.5 Å². The Kier molecular flexibility index (Phi) is 9.05. The summed E-state index contributed by atoms with van der Waals surface area (Å²) in [7, 11) is 0. The minimum Gasteiger partial charge on any atom is -0.490 e. The van der Waals surface area contributed by atoms with Gasteiger partial charge in [-0.25, -0.2) is 5.43 Å². The number of carbonyl (C=O) groups is 1. The third-order valence-electron chi connectivity index (χ3n) is 6.75. The summed E-state index contributed by atoms with van der Waals surface area (Å²) < 4.78 is 14.0. The van der Waals surface area contributed by atoms with E-state index in [4.69, 9.17) is 21.1 Å². The van der Waals surface area contributed by atoms with Crippen LogP contribution in [-0.4, -0.2) is 23.3 Å². The molecule has 1 heterocycles. The molecule has 5 aromatic rings. The van der Waals surface area contributed by atoms with Gasteiger partial charge in [0.15, 0.2) is 11.5 Å². The topological polar surface area (TPSA) is 64.8 Å². The van der Waals surface area contributed by atoms with Gasteiger partial charge in [-0.05, 0) is 86.0 Å². The average Bonchev–Trinajstić information content (AvgIpc) is 3.39. The molecule has 0 saturated heterocycles. The van der Waals surface area contributed by atoms with E-state index in [0.29, 0.717) is 40.9 Å². The first-order valence-corrected chi connectivity index (χ1v) is 14.1. The van der Waals surface area contributed by atoms with Crippen LogP contribution in [0.2, 0.25) is 5.02 Å². The van der Waals surface area contributed by atoms with Crippen molar-refractivity contribution < 1.29 is 14.3 Å². The molecule has 0 bridgehead atoms. The standard InChI is InChI=1S/C35H32ClN3O3/c1-4-41-33-21-27(20-31(36)34(33)42-23-26-13-10-24(2)11-14-26)22-37-38-35(40)29-15-17-30(18-16-29)39-25(3)12-19-32(39)28-8-6-5-7-9-28/h5-22H,4,23H2,1-3H3,(H,38,40)/b37-22+. The summed E-state index contributed by atoms with van der Waals surface area (Å²) in [5.41, 5.74) is 10.3. The average molecular weight is 578 g/mol. The summed E-state index contributed by atoms with van der Waals surface area (Å²) in [5, 5.41) is 4.54. The number of benzene rings is 4. The number of hydrogen-bond donors (Lipinski definition) is 1. The van der Waals surface area contributed by atoms with Gasteiger partial charge in [-0.15, -0.1) is 0 Å². The zero-order chi connectivity index (χ0) is 29.5. The van der Waals surface area contributed by atoms with Gasteiger partial charge in [0.2, 0.25) is 0 Å². The number of hydrogen-bond acceptors (Lipinski definition) is 4. The number of carbonyl (C=O) groups excluding carboxylic acids is 1. The van der Waals surface area contributed by atoms with Gasteiger partial charge in [0, 0.05) is 16.9 Å². The molecule has 0 aliphatic heterocycles. The minimum atomic E-state index is -0.320. The Balaban J connectivity index is 1.26. The van der Waals surface area contributed by atoms with Crippen molar-refractivity contribution in [2.45, 2.75) is 27.4 Å². The Hall–Kier alpha value is -4.81. The quantitative estimate of drug-likeness (QED) is 0.134. The molecule has 1 N–H and O–H groups in total. The lowest BCUT2D eigenvalue weighted by atomic mass is 10.1. The predicted molar refractivity (Wildman–Crippen MR) is 169 cm³/mol. The normalized spacial score (nSPS) is 11.0. The second kappa shape index (κ2) is 13.2. The largest absolute Gasteiger partial charge is 0.490 e. The number of rotatable bonds is 10. The highest BCUT2D eigenvalue weighted by Gasteiger charge is 2.14. The van der Waals surface area contributed by atoms with Crippen LogP contribution in [0.1, 0.15) is 39.7 Å². The number of ether oxygens (including phenoxy) is 2. The molecular weight excluding hydrogens is 546 g/mol. The molecule has 212 valence electrons. The molecule has 0 spiro atoms. The number of amides is 1. The molecule has 5 rings (SSSR count). The van der Waals surface area contributed by atoms with E-state index in [1.807, 2.05) is 68.4 Å². The van der Waals surface area contributed by atoms with Crippen molar-refractivity contribution >= 4 is 23.7 Å². The molecule has 0 saturated carbocycles. The highest BCUT2D eigenvalue weighted by molar-refractivity contribution is 6.32. The van der Waals surface area contributed by atoms with Gasteiger partial charge in [0.1, 0.15) is 6.61 Å². The number of aromatic nitrogens is 1. The molecule has 1 amide bonds. The third kappa shape index (κ3) is 6.73. The van der Waals surface area contributed by atoms with E-state index in [1.165, 1.54) is 11.8 Å². The monoisotopic (exact) mass is 577 g/mol. The fourth-order valence-corrected chi connectivity index (χ4v) is 4.89. The lowest BCUT2D eigenvalue weighted by molar-refractivity contribution is 0.0955. The number of nitrogens with one attached hydrogen (secondary N) is 1. The maximum Gasteiger partial charge on any atom is 0.271 e. The number of nitrogens with zero attached hydrogens (tertiary/aromatic N) is 2. The van der Waals surface area contributed by atoms with E-state index in [1.54, 1.807) is 24.3 Å². The second-order valence-corrected chi connectivity index (χ2v) is 10.3. The maximum absolute atomic E-state index is 12.8. The van der Waals surface area contributed by atoms with Crippen LogP contribution >= 0.6 is 11.6 Å². The number of hydrazone groups is 1. The third-order valence-corrected chi connectivity index (χ3v) is 7.03. The summed E-state index contributed by atoms with van der Waals surface area (Å²) in [6.07, 6.45) is 1.53. The first-order chi connectivity index (χ1) is 20.4. The summed E-state index contributed by atoms with van der Waals surface area (Å²) in [4.78, 5) is 12.8. The van der Waals surface area contributed by atoms with Gasteiger partial charge < -0.3 is 14.0 Å². The summed E-state index contributed by atoms with van der Waals surface area (Å²) in [6, 6.07) is 33.5. The lowest BCUT2D eigenvalue weighted by Gasteiger charge is -2.14. The van der Waals surface area contributed by atoms with E-state index in [2.05, 4.69) is 46.3 Å². The zero-order valence-corrected chi connectivity index (χ0v) is 24.6. The Morgan fingerprint density at radius 3 is 2.36 bits per heavy atom. The van der Waals surface area contributed by atoms with E-state index < -0.39 is 0 Å². The molecule has 42 heavy (non-hydrogen) atoms. The zero-order valence-electron chi connectivity index (χ0n) is 23.8. The van der Waals surface area contributed by atoms with Gasteiger partial charge in [-0.2, -0.15) is 5.10 Å². The van der Waals surface area contributed by atoms with E-state index in [9.17, 15) is 4.79 Å². The molecule has 1 aromatic heterocycles. The van der Waals surface area contributed by atoms with Crippen molar-refractivity contribution in [2.75, 3.05) is 6.61 Å². The molecule has 4 aromatic carbocycles. The fraction of sp³-hybridized carbons (Fsp3) is 0.143. The molecule has 0 aliphatic rings. The molecule has 7 heteroatoms. The predicted octanol–water partition coefficient (Wildman–Crippen LogP) is 8.16. The first-order valence-electron chi connectivity index (χ1n) is 13.7. The molecule has 0 aliphatic carbocycles. The van der Waals surface area contributed by atoms with Gasteiger partial charge in [0.25, 0.3) is 5.91 Å². The lowest BCUT2D eigenvalue weighted by Crippen LogP contribution is -2.17. The van der Waals surface area contributed by atoms with Crippen LogP contribution < -0.4 is 14.9 Å². The van der Waals surface area contributed by atoms with E-state index in [0.717, 1.165) is 28.2 Å². The highest BCUT2D eigenvalue weighted by atomic mass is 35.5. The Morgan fingerprint density at radius 2 is 1.64 bits per heavy atom. The molecule has 0 unspecified atom stereocenters. The fourth-order valence-electron chi connectivity index (χ4n) is 4.61. The van der Waals surface area contributed by atoms with Gasteiger partial charge in [-0.1, -0.05) is 71.8 Å². The van der Waals surface area contributed by atoms with Crippen molar-refractivity contribution in [3.63, 3.8) is 0 Å². The van der Waals surface area contributed by atoms with Gasteiger partial charge in [0.05, 0.1) is 23.5 Å². The van der Waals surface area contributed by atoms with Crippen molar-refractivity contribution in [3.8, 4) is 28.4 Å². The molecular formula is C35H32ClN3O3. The second-order valence-electron chi connectivity index (χ2n) is 9.84. The maximum atomic E-state index is 12.8. The summed E-state index contributed by atoms with van der Waals surface area (Å²) in [6.45, 7) is 6.80. The van der Waals surface area contributed by atoms with Crippen LogP contribution in [0.25, 0.3) is 16.9 Å². The van der Waals surface area contributed by atoms with Crippen LogP contribution in [0.4, 0.5) is 0 Å². The molecule has 0 atom stereocenters. The van der Waals surface area contributed by atoms with Crippen molar-refractivity contribution in [1.29, 1.82) is 0 Å². The van der Waals surface area contributed by atoms with Gasteiger partial charge in [-0.3, -0.25) is 4.79 Å². The van der Waals surface area contributed by atoms with Gasteiger partial charge >= 0.3 is 0 Å². The smallest absolute Gasteiger partial charge is 0.271 e. The number of aryl methyl sites for hydroxylation is 2. The summed E-state index contributed by atoms with van der Waals surface area (Å²) >= 11 is 6.56. The molecule has 0 radical (unpaired) electrons. The van der Waals surface area contributed by atoms with Crippen molar-refractivity contribution in [1.82, 2.24) is 9.99 Å². The SMILES string of the molecule is CCOc1cc(/C=N/NC(=O)c2ccc(-n3c(C)ccc3-c3ccccc3)cc2)cc(Cl)c1OCc1ccc(C)cc1. The van der Waals surface area contributed by atoms with Crippen LogP contribution in [0.3, 0.4) is 0 Å². The Labute approximate surface area is 251 Å². The van der Waals surface area contributed by atoms with Crippen molar-refractivity contribution in [2.24, 2.45) is 5.10 Å². The molecule has 0 fully saturated rings. The van der Waals surface area contributed by atoms with E-state index >= 15 is 0 Å². The first kappa shape index (κ1) is 28.7. The molecule has 6 nitrogen and oxygen atoms in total. The Morgan fingerprint density at radius 1 is 0.905 bits per heavy atom. The highest BCUT2D eigenvalue weighted by Crippen LogP contribution is 2.37. The van der Waals surface area contributed by atoms with Crippen molar-refractivity contribution in [3.05, 3.63) is 136 Å².